The maximum Gasteiger partial charge on any atom is 0.138 e. The van der Waals surface area contributed by atoms with Crippen LogP contribution >= 0.6 is 11.6 Å². The monoisotopic (exact) mass is 275 g/mol. The van der Waals surface area contributed by atoms with E-state index in [1.54, 1.807) is 0 Å². The first-order valence-electron chi connectivity index (χ1n) is 6.30. The molecule has 2 aromatic carbocycles. The zero-order valence-corrected chi connectivity index (χ0v) is 11.9. The van der Waals surface area contributed by atoms with Gasteiger partial charge in [-0.2, -0.15) is 0 Å². The predicted molar refractivity (Wildman–Crippen MR) is 79.6 cm³/mol. The fourth-order valence-electron chi connectivity index (χ4n) is 1.89. The summed E-state index contributed by atoms with van der Waals surface area (Å²) in [7, 11) is 0. The van der Waals surface area contributed by atoms with E-state index in [1.807, 2.05) is 62.4 Å². The minimum atomic E-state index is -0.181. The van der Waals surface area contributed by atoms with Gasteiger partial charge in [0, 0.05) is 11.1 Å². The van der Waals surface area contributed by atoms with Crippen LogP contribution in [0.5, 0.6) is 5.75 Å². The molecule has 0 aliphatic heterocycles. The predicted octanol–water partition coefficient (Wildman–Crippen LogP) is 4.12. The van der Waals surface area contributed by atoms with E-state index in [0.29, 0.717) is 5.02 Å². The van der Waals surface area contributed by atoms with Gasteiger partial charge in [0.25, 0.3) is 0 Å². The van der Waals surface area contributed by atoms with Crippen molar-refractivity contribution in [3.05, 3.63) is 64.7 Å². The quantitative estimate of drug-likeness (QED) is 0.911. The van der Waals surface area contributed by atoms with Crippen LogP contribution < -0.4 is 10.5 Å². The Bertz CT molecular complexity index is 519. The lowest BCUT2D eigenvalue weighted by Crippen LogP contribution is -2.29. The number of hydrogen-bond donors (Lipinski definition) is 1. The van der Waals surface area contributed by atoms with Crippen LogP contribution in [0.2, 0.25) is 5.02 Å². The SMILES string of the molecule is Cc1ccc(OC(c2ccc(Cl)cc2)C(C)N)cc1. The maximum atomic E-state index is 6.03. The number of nitrogens with two attached hydrogens (primary N) is 1. The third-order valence-corrected chi connectivity index (χ3v) is 3.21. The highest BCUT2D eigenvalue weighted by Crippen LogP contribution is 2.25. The lowest BCUT2D eigenvalue weighted by molar-refractivity contribution is 0.180. The summed E-state index contributed by atoms with van der Waals surface area (Å²) in [6, 6.07) is 15.5. The van der Waals surface area contributed by atoms with Gasteiger partial charge < -0.3 is 10.5 Å². The summed E-state index contributed by atoms with van der Waals surface area (Å²) in [4.78, 5) is 0. The molecule has 0 bridgehead atoms. The normalized spacial score (nSPS) is 13.9. The van der Waals surface area contributed by atoms with Gasteiger partial charge in [-0.3, -0.25) is 0 Å². The summed E-state index contributed by atoms with van der Waals surface area (Å²) < 4.78 is 5.99. The van der Waals surface area contributed by atoms with Crippen molar-refractivity contribution in [2.45, 2.75) is 26.0 Å². The van der Waals surface area contributed by atoms with Crippen molar-refractivity contribution < 1.29 is 4.74 Å². The van der Waals surface area contributed by atoms with E-state index in [2.05, 4.69) is 0 Å². The van der Waals surface area contributed by atoms with Gasteiger partial charge in [0.2, 0.25) is 0 Å². The Kier molecular flexibility index (Phi) is 4.46. The smallest absolute Gasteiger partial charge is 0.138 e. The Morgan fingerprint density at radius 3 is 2.11 bits per heavy atom. The van der Waals surface area contributed by atoms with Crippen LogP contribution in [0, 0.1) is 6.92 Å². The van der Waals surface area contributed by atoms with Gasteiger partial charge in [0.05, 0.1) is 0 Å². The van der Waals surface area contributed by atoms with E-state index in [9.17, 15) is 0 Å². The van der Waals surface area contributed by atoms with Crippen molar-refractivity contribution in [2.75, 3.05) is 0 Å². The first-order valence-corrected chi connectivity index (χ1v) is 6.68. The molecule has 2 atom stereocenters. The van der Waals surface area contributed by atoms with Gasteiger partial charge in [-0.25, -0.2) is 0 Å². The Morgan fingerprint density at radius 1 is 1.00 bits per heavy atom. The summed E-state index contributed by atoms with van der Waals surface area (Å²) in [5.74, 6) is 0.822. The number of benzene rings is 2. The first-order chi connectivity index (χ1) is 9.06. The van der Waals surface area contributed by atoms with Gasteiger partial charge in [-0.05, 0) is 43.7 Å². The summed E-state index contributed by atoms with van der Waals surface area (Å²) in [5.41, 5.74) is 8.26. The van der Waals surface area contributed by atoms with Crippen molar-refractivity contribution in [3.8, 4) is 5.75 Å². The minimum absolute atomic E-state index is 0.109. The number of aryl methyl sites for hydroxylation is 1. The Morgan fingerprint density at radius 2 is 1.58 bits per heavy atom. The zero-order valence-electron chi connectivity index (χ0n) is 11.1. The average molecular weight is 276 g/mol. The molecule has 0 saturated carbocycles. The summed E-state index contributed by atoms with van der Waals surface area (Å²) in [5, 5.41) is 0.711. The topological polar surface area (TPSA) is 35.2 Å². The van der Waals surface area contributed by atoms with Crippen LogP contribution in [-0.4, -0.2) is 6.04 Å². The number of rotatable bonds is 4. The second kappa shape index (κ2) is 6.09. The van der Waals surface area contributed by atoms with E-state index >= 15 is 0 Å². The highest BCUT2D eigenvalue weighted by atomic mass is 35.5. The lowest BCUT2D eigenvalue weighted by atomic mass is 10.0. The highest BCUT2D eigenvalue weighted by molar-refractivity contribution is 6.30. The van der Waals surface area contributed by atoms with Gasteiger partial charge in [-0.15, -0.1) is 0 Å². The van der Waals surface area contributed by atoms with E-state index in [1.165, 1.54) is 5.56 Å². The molecule has 0 heterocycles. The molecule has 2 unspecified atom stereocenters. The third kappa shape index (κ3) is 3.72. The molecular weight excluding hydrogens is 258 g/mol. The molecule has 2 aromatic rings. The summed E-state index contributed by atoms with van der Waals surface area (Å²) in [6.45, 7) is 3.99. The number of halogens is 1. The molecule has 19 heavy (non-hydrogen) atoms. The second-order valence-electron chi connectivity index (χ2n) is 4.76. The maximum absolute atomic E-state index is 6.03. The van der Waals surface area contributed by atoms with Gasteiger partial charge >= 0.3 is 0 Å². The van der Waals surface area contributed by atoms with Crippen molar-refractivity contribution in [1.82, 2.24) is 0 Å². The fraction of sp³-hybridized carbons (Fsp3) is 0.250. The molecule has 0 amide bonds. The van der Waals surface area contributed by atoms with E-state index < -0.39 is 0 Å². The van der Waals surface area contributed by atoms with Crippen LogP contribution in [0.3, 0.4) is 0 Å². The number of ether oxygens (including phenoxy) is 1. The summed E-state index contributed by atoms with van der Waals surface area (Å²) >= 11 is 5.90. The fourth-order valence-corrected chi connectivity index (χ4v) is 2.02. The molecule has 0 fully saturated rings. The molecule has 0 aliphatic rings. The summed E-state index contributed by atoms with van der Waals surface area (Å²) in [6.07, 6.45) is -0.181. The van der Waals surface area contributed by atoms with Crippen LogP contribution in [0.25, 0.3) is 0 Å². The average Bonchev–Trinajstić information content (AvgIpc) is 2.39. The van der Waals surface area contributed by atoms with Gasteiger partial charge in [0.1, 0.15) is 11.9 Å². The molecule has 2 rings (SSSR count). The molecular formula is C16H18ClNO. The molecule has 0 aromatic heterocycles. The Hall–Kier alpha value is -1.51. The number of hydrogen-bond acceptors (Lipinski definition) is 2. The third-order valence-electron chi connectivity index (χ3n) is 2.96. The highest BCUT2D eigenvalue weighted by Gasteiger charge is 2.18. The molecule has 100 valence electrons. The van der Waals surface area contributed by atoms with Crippen molar-refractivity contribution >= 4 is 11.6 Å². The molecule has 0 spiro atoms. The molecule has 2 N–H and O–H groups in total. The van der Waals surface area contributed by atoms with Crippen LogP contribution in [0.15, 0.2) is 48.5 Å². The molecule has 0 aliphatic carbocycles. The van der Waals surface area contributed by atoms with Crippen molar-refractivity contribution in [3.63, 3.8) is 0 Å². The minimum Gasteiger partial charge on any atom is -0.484 e. The van der Waals surface area contributed by atoms with Gasteiger partial charge in [0.15, 0.2) is 0 Å². The molecule has 2 nitrogen and oxygen atoms in total. The van der Waals surface area contributed by atoms with E-state index in [4.69, 9.17) is 22.1 Å². The molecule has 0 saturated heterocycles. The lowest BCUT2D eigenvalue weighted by Gasteiger charge is -2.23. The zero-order chi connectivity index (χ0) is 13.8. The van der Waals surface area contributed by atoms with Crippen molar-refractivity contribution in [2.24, 2.45) is 5.73 Å². The van der Waals surface area contributed by atoms with Crippen LogP contribution in [0.4, 0.5) is 0 Å². The second-order valence-corrected chi connectivity index (χ2v) is 5.20. The first kappa shape index (κ1) is 13.9. The molecule has 0 radical (unpaired) electrons. The van der Waals surface area contributed by atoms with Gasteiger partial charge in [-0.1, -0.05) is 41.4 Å². The Labute approximate surface area is 119 Å². The van der Waals surface area contributed by atoms with E-state index in [0.717, 1.165) is 11.3 Å². The van der Waals surface area contributed by atoms with Crippen LogP contribution in [0.1, 0.15) is 24.2 Å². The van der Waals surface area contributed by atoms with Crippen LogP contribution in [-0.2, 0) is 0 Å². The largest absolute Gasteiger partial charge is 0.484 e. The van der Waals surface area contributed by atoms with E-state index in [-0.39, 0.29) is 12.1 Å². The molecule has 3 heteroatoms. The Balaban J connectivity index is 2.21. The standard InChI is InChI=1S/C16H18ClNO/c1-11-3-9-15(10-4-11)19-16(12(2)18)13-5-7-14(17)8-6-13/h3-10,12,16H,18H2,1-2H3. The van der Waals surface area contributed by atoms with Crippen molar-refractivity contribution in [1.29, 1.82) is 0 Å².